The third-order valence-electron chi connectivity index (χ3n) is 4.74. The van der Waals surface area contributed by atoms with Gasteiger partial charge in [-0.3, -0.25) is 14.6 Å². The molecule has 1 N–H and O–H groups in total. The van der Waals surface area contributed by atoms with Crippen LogP contribution in [-0.2, 0) is 19.5 Å². The number of nitrogens with one attached hydrogen (secondary N) is 1. The number of aromatic amines is 1. The molecule has 1 aliphatic rings. The minimum Gasteiger partial charge on any atom is -0.491 e. The molecular formula is C19H25N3O2. The van der Waals surface area contributed by atoms with Gasteiger partial charge in [0.2, 0.25) is 5.43 Å². The number of hydrogen-bond donors (Lipinski definition) is 1. The molecule has 0 amide bonds. The van der Waals surface area contributed by atoms with Gasteiger partial charge in [0, 0.05) is 43.6 Å². The van der Waals surface area contributed by atoms with Gasteiger partial charge in [-0.15, -0.1) is 0 Å². The van der Waals surface area contributed by atoms with Crippen molar-refractivity contribution in [3.05, 3.63) is 63.6 Å². The lowest BCUT2D eigenvalue weighted by atomic mass is 9.94. The molecule has 0 bridgehead atoms. The first kappa shape index (κ1) is 16.7. The number of aromatic nitrogens is 1. The number of fused-ring (bicyclic) bond motifs is 1. The fourth-order valence-corrected chi connectivity index (χ4v) is 3.39. The lowest BCUT2D eigenvalue weighted by Gasteiger charge is -2.36. The third-order valence-corrected chi connectivity index (χ3v) is 4.74. The Hall–Kier alpha value is -2.11. The Morgan fingerprint density at radius 2 is 2.08 bits per heavy atom. The molecule has 0 fully saturated rings. The van der Waals surface area contributed by atoms with E-state index >= 15 is 0 Å². The van der Waals surface area contributed by atoms with E-state index in [-0.39, 0.29) is 5.43 Å². The van der Waals surface area contributed by atoms with Crippen molar-refractivity contribution in [2.24, 2.45) is 0 Å². The quantitative estimate of drug-likeness (QED) is 0.911. The van der Waals surface area contributed by atoms with Gasteiger partial charge in [0.05, 0.1) is 7.11 Å². The van der Waals surface area contributed by atoms with Crippen molar-refractivity contribution in [3.63, 3.8) is 0 Å². The van der Waals surface area contributed by atoms with Gasteiger partial charge in [-0.05, 0) is 31.6 Å². The van der Waals surface area contributed by atoms with Gasteiger partial charge >= 0.3 is 0 Å². The smallest absolute Gasteiger partial charge is 0.223 e. The predicted octanol–water partition coefficient (Wildman–Crippen LogP) is 1.87. The molecule has 0 aliphatic carbocycles. The van der Waals surface area contributed by atoms with Crippen molar-refractivity contribution in [1.82, 2.24) is 14.8 Å². The topological polar surface area (TPSA) is 48.6 Å². The first-order chi connectivity index (χ1) is 11.6. The van der Waals surface area contributed by atoms with Crippen LogP contribution in [0.5, 0.6) is 5.75 Å². The van der Waals surface area contributed by atoms with E-state index in [0.29, 0.717) is 18.3 Å². The Morgan fingerprint density at radius 1 is 1.33 bits per heavy atom. The first-order valence-electron chi connectivity index (χ1n) is 8.28. The number of H-pyrrole nitrogens is 1. The van der Waals surface area contributed by atoms with E-state index in [0.717, 1.165) is 25.2 Å². The molecule has 0 spiro atoms. The molecule has 0 radical (unpaired) electrons. The van der Waals surface area contributed by atoms with Crippen molar-refractivity contribution >= 4 is 0 Å². The zero-order chi connectivity index (χ0) is 17.1. The molecule has 2 aromatic rings. The minimum absolute atomic E-state index is 0.0802. The van der Waals surface area contributed by atoms with E-state index in [9.17, 15) is 4.79 Å². The summed E-state index contributed by atoms with van der Waals surface area (Å²) < 4.78 is 5.01. The fraction of sp³-hybridized carbons (Fsp3) is 0.421. The van der Waals surface area contributed by atoms with Gasteiger partial charge in [0.15, 0.2) is 5.75 Å². The highest BCUT2D eigenvalue weighted by atomic mass is 16.5. The highest BCUT2D eigenvalue weighted by molar-refractivity contribution is 5.30. The molecule has 0 saturated heterocycles. The second-order valence-corrected chi connectivity index (χ2v) is 6.63. The average Bonchev–Trinajstić information content (AvgIpc) is 2.55. The number of ether oxygens (including phenoxy) is 1. The summed E-state index contributed by atoms with van der Waals surface area (Å²) in [7, 11) is 5.79. The van der Waals surface area contributed by atoms with Gasteiger partial charge in [-0.2, -0.15) is 0 Å². The zero-order valence-corrected chi connectivity index (χ0v) is 14.6. The van der Waals surface area contributed by atoms with Crippen LogP contribution in [0.1, 0.15) is 16.8 Å². The Morgan fingerprint density at radius 3 is 2.79 bits per heavy atom. The van der Waals surface area contributed by atoms with Crippen molar-refractivity contribution in [3.8, 4) is 5.75 Å². The largest absolute Gasteiger partial charge is 0.491 e. The summed E-state index contributed by atoms with van der Waals surface area (Å²) in [6.45, 7) is 2.66. The molecule has 5 heteroatoms. The maximum Gasteiger partial charge on any atom is 0.223 e. The average molecular weight is 327 g/mol. The first-order valence-corrected chi connectivity index (χ1v) is 8.28. The minimum atomic E-state index is -0.0802. The molecule has 1 aromatic heterocycles. The van der Waals surface area contributed by atoms with Gasteiger partial charge in [0.25, 0.3) is 0 Å². The van der Waals surface area contributed by atoms with E-state index in [1.54, 1.807) is 12.3 Å². The second kappa shape index (κ2) is 7.20. The van der Waals surface area contributed by atoms with Crippen LogP contribution >= 0.6 is 0 Å². The predicted molar refractivity (Wildman–Crippen MR) is 95.3 cm³/mol. The fourth-order valence-electron chi connectivity index (χ4n) is 3.39. The molecule has 3 rings (SSSR count). The molecule has 24 heavy (non-hydrogen) atoms. The normalized spacial score (nSPS) is 17.8. The summed E-state index contributed by atoms with van der Waals surface area (Å²) in [5.74, 6) is 0.352. The van der Waals surface area contributed by atoms with Crippen molar-refractivity contribution in [2.75, 3.05) is 27.7 Å². The number of benzene rings is 1. The van der Waals surface area contributed by atoms with Crippen molar-refractivity contribution < 1.29 is 4.74 Å². The lowest BCUT2D eigenvalue weighted by Crippen LogP contribution is -2.44. The maximum atomic E-state index is 11.9. The Bertz CT molecular complexity index is 756. The highest BCUT2D eigenvalue weighted by Gasteiger charge is 2.24. The number of methoxy groups -OCH3 is 1. The Balaban J connectivity index is 1.64. The number of pyridine rings is 1. The van der Waals surface area contributed by atoms with Crippen LogP contribution in [0.25, 0.3) is 0 Å². The van der Waals surface area contributed by atoms with E-state index in [4.69, 9.17) is 4.74 Å². The SMILES string of the molecule is COc1c[nH]c(CN(C)CC2Cc3ccccc3CN2C)cc1=O. The molecule has 1 aromatic carbocycles. The molecule has 5 nitrogen and oxygen atoms in total. The maximum absolute atomic E-state index is 11.9. The summed E-state index contributed by atoms with van der Waals surface area (Å²) in [6, 6.07) is 10.8. The van der Waals surface area contributed by atoms with Gasteiger partial charge in [-0.1, -0.05) is 24.3 Å². The number of rotatable bonds is 5. The Labute approximate surface area is 142 Å². The molecule has 1 atom stereocenters. The highest BCUT2D eigenvalue weighted by Crippen LogP contribution is 2.22. The van der Waals surface area contributed by atoms with Gasteiger partial charge < -0.3 is 9.72 Å². The van der Waals surface area contributed by atoms with Crippen LogP contribution < -0.4 is 10.2 Å². The van der Waals surface area contributed by atoms with Crippen molar-refractivity contribution in [1.29, 1.82) is 0 Å². The van der Waals surface area contributed by atoms with Crippen molar-refractivity contribution in [2.45, 2.75) is 25.6 Å². The molecule has 0 saturated carbocycles. The van der Waals surface area contributed by atoms with Gasteiger partial charge in [-0.25, -0.2) is 0 Å². The summed E-state index contributed by atoms with van der Waals surface area (Å²) in [5, 5.41) is 0. The van der Waals surface area contributed by atoms with Crippen LogP contribution in [0.2, 0.25) is 0 Å². The second-order valence-electron chi connectivity index (χ2n) is 6.63. The monoisotopic (exact) mass is 327 g/mol. The van der Waals surface area contributed by atoms with E-state index in [1.165, 1.54) is 18.2 Å². The molecule has 2 heterocycles. The molecule has 1 aliphatic heterocycles. The molecular weight excluding hydrogens is 302 g/mol. The van der Waals surface area contributed by atoms with Crippen LogP contribution in [0.3, 0.4) is 0 Å². The van der Waals surface area contributed by atoms with Crippen LogP contribution in [0.4, 0.5) is 0 Å². The zero-order valence-electron chi connectivity index (χ0n) is 14.6. The van der Waals surface area contributed by atoms with E-state index in [2.05, 4.69) is 53.1 Å². The van der Waals surface area contributed by atoms with Gasteiger partial charge in [0.1, 0.15) is 0 Å². The summed E-state index contributed by atoms with van der Waals surface area (Å²) >= 11 is 0. The molecule has 128 valence electrons. The summed E-state index contributed by atoms with van der Waals surface area (Å²) in [6.07, 6.45) is 2.70. The molecule has 1 unspecified atom stereocenters. The third kappa shape index (κ3) is 3.68. The number of nitrogens with zero attached hydrogens (tertiary/aromatic N) is 2. The van der Waals surface area contributed by atoms with E-state index in [1.807, 2.05) is 0 Å². The number of hydrogen-bond acceptors (Lipinski definition) is 4. The summed E-state index contributed by atoms with van der Waals surface area (Å²) in [5.41, 5.74) is 3.70. The van der Waals surface area contributed by atoms with Crippen LogP contribution in [0, 0.1) is 0 Å². The summed E-state index contributed by atoms with van der Waals surface area (Å²) in [4.78, 5) is 19.7. The van der Waals surface area contributed by atoms with Crippen LogP contribution in [0.15, 0.2) is 41.3 Å². The standard InChI is InChI=1S/C19H25N3O2/c1-21(12-16-9-18(23)19(24-3)10-20-16)13-17-8-14-6-4-5-7-15(14)11-22(17)2/h4-7,9-10,17H,8,11-13H2,1-3H3,(H,20,23). The van der Waals surface area contributed by atoms with E-state index < -0.39 is 0 Å². The van der Waals surface area contributed by atoms with Crippen LogP contribution in [-0.4, -0.2) is 48.6 Å². The number of likely N-dealkylation sites (N-methyl/N-ethyl adjacent to an activating group) is 2. The lowest BCUT2D eigenvalue weighted by molar-refractivity contribution is 0.158. The Kier molecular flexibility index (Phi) is 5.02.